The van der Waals surface area contributed by atoms with Gasteiger partial charge in [-0.15, -0.1) is 0 Å². The third-order valence-electron chi connectivity index (χ3n) is 2.86. The Labute approximate surface area is 100 Å². The Morgan fingerprint density at radius 1 is 1.38 bits per heavy atom. The summed E-state index contributed by atoms with van der Waals surface area (Å²) in [5, 5.41) is 0.0672. The number of nitrogens with zero attached hydrogens (tertiary/aromatic N) is 2. The molecule has 1 aliphatic rings. The van der Waals surface area contributed by atoms with Gasteiger partial charge in [0.05, 0.1) is 5.69 Å². The Hall–Kier alpha value is -0.550. The molecule has 0 fully saturated rings. The third-order valence-corrected chi connectivity index (χ3v) is 4.09. The summed E-state index contributed by atoms with van der Waals surface area (Å²) in [7, 11) is 1.69. The van der Waals surface area contributed by atoms with Gasteiger partial charge in [0.1, 0.15) is 5.82 Å². The largest absolute Gasteiger partial charge is 0.330 e. The highest BCUT2D eigenvalue weighted by molar-refractivity contribution is 8.13. The fraction of sp³-hybridized carbons (Fsp3) is 0.700. The topological polar surface area (TPSA) is 52.0 Å². The molecule has 0 saturated heterocycles. The molecular formula is C10H15ClN2O2S. The Bertz CT molecular complexity index is 505. The summed E-state index contributed by atoms with van der Waals surface area (Å²) < 4.78 is 24.9. The van der Waals surface area contributed by atoms with Gasteiger partial charge in [-0.05, 0) is 19.3 Å². The van der Waals surface area contributed by atoms with Gasteiger partial charge in [0.2, 0.25) is 0 Å². The van der Waals surface area contributed by atoms with Crippen LogP contribution in [0.4, 0.5) is 0 Å². The maximum absolute atomic E-state index is 11.4. The number of imidazole rings is 1. The van der Waals surface area contributed by atoms with Gasteiger partial charge in [0, 0.05) is 23.1 Å². The highest BCUT2D eigenvalue weighted by Crippen LogP contribution is 2.29. The van der Waals surface area contributed by atoms with Gasteiger partial charge in [-0.25, -0.2) is 13.4 Å². The number of rotatable bonds is 2. The van der Waals surface area contributed by atoms with Crippen molar-refractivity contribution in [3.63, 3.8) is 0 Å². The second kappa shape index (κ2) is 4.04. The van der Waals surface area contributed by atoms with Crippen LogP contribution < -0.4 is 0 Å². The fourth-order valence-electron chi connectivity index (χ4n) is 2.17. The summed E-state index contributed by atoms with van der Waals surface area (Å²) >= 11 is 0. The predicted molar refractivity (Wildman–Crippen MR) is 62.3 cm³/mol. The average Bonchev–Trinajstić information content (AvgIpc) is 2.56. The number of fused-ring (bicyclic) bond motifs is 1. The molecule has 0 N–H and O–H groups in total. The molecule has 4 nitrogen and oxygen atoms in total. The van der Waals surface area contributed by atoms with E-state index in [0.717, 1.165) is 37.3 Å². The second-order valence-electron chi connectivity index (χ2n) is 4.42. The molecule has 0 saturated carbocycles. The van der Waals surface area contributed by atoms with Crippen molar-refractivity contribution in [3.8, 4) is 0 Å². The minimum atomic E-state index is -3.72. The SMILES string of the molecule is CC(C)c1nc(S(=O)(=O)Cl)c2n1CCCC2. The van der Waals surface area contributed by atoms with E-state index in [9.17, 15) is 8.42 Å². The van der Waals surface area contributed by atoms with Crippen LogP contribution in [-0.2, 0) is 22.0 Å². The van der Waals surface area contributed by atoms with E-state index in [1.54, 1.807) is 0 Å². The molecule has 0 amide bonds. The minimum Gasteiger partial charge on any atom is -0.330 e. The zero-order valence-corrected chi connectivity index (χ0v) is 11.0. The zero-order chi connectivity index (χ0) is 11.9. The molecule has 90 valence electrons. The lowest BCUT2D eigenvalue weighted by Gasteiger charge is -2.18. The van der Waals surface area contributed by atoms with Crippen molar-refractivity contribution in [3.05, 3.63) is 11.5 Å². The first-order valence-electron chi connectivity index (χ1n) is 5.45. The molecular weight excluding hydrogens is 248 g/mol. The monoisotopic (exact) mass is 262 g/mol. The maximum atomic E-state index is 11.4. The molecule has 1 aromatic rings. The van der Waals surface area contributed by atoms with Gasteiger partial charge < -0.3 is 4.57 Å². The van der Waals surface area contributed by atoms with Crippen molar-refractivity contribution in [2.24, 2.45) is 0 Å². The van der Waals surface area contributed by atoms with Crippen LogP contribution in [0.3, 0.4) is 0 Å². The summed E-state index contributed by atoms with van der Waals surface area (Å²) in [6, 6.07) is 0. The number of halogens is 1. The first-order valence-corrected chi connectivity index (χ1v) is 7.76. The van der Waals surface area contributed by atoms with E-state index in [2.05, 4.69) is 4.98 Å². The smallest absolute Gasteiger partial charge is 0.280 e. The molecule has 0 aliphatic carbocycles. The Morgan fingerprint density at radius 2 is 2.06 bits per heavy atom. The Balaban J connectivity index is 2.64. The summed E-state index contributed by atoms with van der Waals surface area (Å²) in [5.41, 5.74) is 0.782. The highest BCUT2D eigenvalue weighted by atomic mass is 35.7. The third kappa shape index (κ3) is 1.98. The minimum absolute atomic E-state index is 0.0672. The van der Waals surface area contributed by atoms with Gasteiger partial charge in [-0.3, -0.25) is 0 Å². The van der Waals surface area contributed by atoms with Crippen LogP contribution >= 0.6 is 10.7 Å². The molecule has 0 spiro atoms. The normalized spacial score (nSPS) is 16.5. The Kier molecular flexibility index (Phi) is 3.01. The molecule has 6 heteroatoms. The van der Waals surface area contributed by atoms with Crippen molar-refractivity contribution in [2.45, 2.75) is 50.6 Å². The van der Waals surface area contributed by atoms with Crippen LogP contribution in [0.25, 0.3) is 0 Å². The van der Waals surface area contributed by atoms with Crippen LogP contribution in [0.2, 0.25) is 0 Å². The second-order valence-corrected chi connectivity index (χ2v) is 6.90. The lowest BCUT2D eigenvalue weighted by atomic mass is 10.1. The molecule has 0 bridgehead atoms. The van der Waals surface area contributed by atoms with Gasteiger partial charge in [-0.1, -0.05) is 13.8 Å². The van der Waals surface area contributed by atoms with Crippen LogP contribution in [0.15, 0.2) is 5.03 Å². The Morgan fingerprint density at radius 3 is 2.62 bits per heavy atom. The van der Waals surface area contributed by atoms with E-state index in [0.29, 0.717) is 0 Å². The molecule has 0 aromatic carbocycles. The van der Waals surface area contributed by atoms with Crippen molar-refractivity contribution in [1.82, 2.24) is 9.55 Å². The van der Waals surface area contributed by atoms with E-state index in [4.69, 9.17) is 10.7 Å². The van der Waals surface area contributed by atoms with Crippen molar-refractivity contribution >= 4 is 19.7 Å². The lowest BCUT2D eigenvalue weighted by Crippen LogP contribution is -2.14. The van der Waals surface area contributed by atoms with E-state index >= 15 is 0 Å². The highest BCUT2D eigenvalue weighted by Gasteiger charge is 2.27. The molecule has 0 unspecified atom stereocenters. The van der Waals surface area contributed by atoms with E-state index < -0.39 is 9.05 Å². The van der Waals surface area contributed by atoms with Crippen LogP contribution in [0.5, 0.6) is 0 Å². The molecule has 0 atom stereocenters. The van der Waals surface area contributed by atoms with Crippen molar-refractivity contribution < 1.29 is 8.42 Å². The fourth-order valence-corrected chi connectivity index (χ4v) is 3.24. The zero-order valence-electron chi connectivity index (χ0n) is 9.40. The molecule has 2 heterocycles. The van der Waals surface area contributed by atoms with E-state index in [1.807, 2.05) is 18.4 Å². The van der Waals surface area contributed by atoms with Gasteiger partial charge >= 0.3 is 0 Å². The van der Waals surface area contributed by atoms with Gasteiger partial charge in [-0.2, -0.15) is 0 Å². The maximum Gasteiger partial charge on any atom is 0.280 e. The summed E-state index contributed by atoms with van der Waals surface area (Å²) in [5.74, 6) is 1.04. The molecule has 2 rings (SSSR count). The predicted octanol–water partition coefficient (Wildman–Crippen LogP) is 2.27. The molecule has 16 heavy (non-hydrogen) atoms. The summed E-state index contributed by atoms with van der Waals surface area (Å²) in [4.78, 5) is 4.21. The van der Waals surface area contributed by atoms with Crippen LogP contribution in [0, 0.1) is 0 Å². The van der Waals surface area contributed by atoms with E-state index in [-0.39, 0.29) is 10.9 Å². The number of hydrogen-bond donors (Lipinski definition) is 0. The lowest BCUT2D eigenvalue weighted by molar-refractivity contribution is 0.500. The first kappa shape index (κ1) is 11.9. The van der Waals surface area contributed by atoms with Gasteiger partial charge in [0.15, 0.2) is 5.03 Å². The average molecular weight is 263 g/mol. The van der Waals surface area contributed by atoms with Gasteiger partial charge in [0.25, 0.3) is 9.05 Å². The van der Waals surface area contributed by atoms with Crippen LogP contribution in [-0.4, -0.2) is 18.0 Å². The summed E-state index contributed by atoms with van der Waals surface area (Å²) in [6.07, 6.45) is 2.83. The standard InChI is InChI=1S/C10H15ClN2O2S/c1-7(2)9-12-10(16(11,14)15)8-5-3-4-6-13(8)9/h7H,3-6H2,1-2H3. The van der Waals surface area contributed by atoms with Crippen molar-refractivity contribution in [1.29, 1.82) is 0 Å². The molecule has 1 aliphatic heterocycles. The number of aromatic nitrogens is 2. The molecule has 0 radical (unpaired) electrons. The summed E-state index contributed by atoms with van der Waals surface area (Å²) in [6.45, 7) is 4.87. The van der Waals surface area contributed by atoms with E-state index in [1.165, 1.54) is 0 Å². The quantitative estimate of drug-likeness (QED) is 0.769. The van der Waals surface area contributed by atoms with Crippen LogP contribution in [0.1, 0.15) is 44.1 Å². The van der Waals surface area contributed by atoms with Crippen molar-refractivity contribution in [2.75, 3.05) is 0 Å². The first-order chi connectivity index (χ1) is 7.41. The number of hydrogen-bond acceptors (Lipinski definition) is 3. The molecule has 1 aromatic heterocycles.